The van der Waals surface area contributed by atoms with E-state index in [2.05, 4.69) is 4.74 Å². The van der Waals surface area contributed by atoms with Gasteiger partial charge >= 0.3 is 18.0 Å². The van der Waals surface area contributed by atoms with Gasteiger partial charge < -0.3 is 9.47 Å². The second-order valence-corrected chi connectivity index (χ2v) is 4.09. The molecule has 0 aromatic heterocycles. The molecule has 3 nitrogen and oxygen atoms in total. The van der Waals surface area contributed by atoms with Crippen LogP contribution in [0.2, 0.25) is 0 Å². The molecule has 0 aliphatic heterocycles. The van der Waals surface area contributed by atoms with Crippen LogP contribution in [0.4, 0.5) is 30.7 Å². The lowest BCUT2D eigenvalue weighted by molar-refractivity contribution is -0.348. The number of hydrogen-bond donors (Lipinski definition) is 0. The van der Waals surface area contributed by atoms with Crippen molar-refractivity contribution in [3.05, 3.63) is 36.1 Å². The van der Waals surface area contributed by atoms with E-state index in [0.717, 1.165) is 12.1 Å². The number of alkyl halides is 7. The van der Waals surface area contributed by atoms with Gasteiger partial charge in [0.1, 0.15) is 17.8 Å². The minimum Gasteiger partial charge on any atom is -0.497 e. The lowest BCUT2D eigenvalue weighted by atomic mass is 10.1. The van der Waals surface area contributed by atoms with E-state index < -0.39 is 29.5 Å². The monoisotopic (exact) mass is 346 g/mol. The third kappa shape index (κ3) is 3.74. The van der Waals surface area contributed by atoms with Crippen LogP contribution in [0.25, 0.3) is 0 Å². The number of benzene rings is 1. The maximum absolute atomic E-state index is 13.5. The number of allylic oxidation sites excluding steroid dienone is 2. The van der Waals surface area contributed by atoms with Gasteiger partial charge in [0.2, 0.25) is 0 Å². The molecule has 128 valence electrons. The number of halogens is 7. The summed E-state index contributed by atoms with van der Waals surface area (Å²) in [5.74, 6) is -14.6. The highest BCUT2D eigenvalue weighted by molar-refractivity contribution is 5.66. The summed E-state index contributed by atoms with van der Waals surface area (Å²) in [5, 5.41) is 0. The molecule has 1 aromatic rings. The number of carbonyl (C=O) groups excluding carboxylic acids is 1. The molecule has 0 bridgehead atoms. The van der Waals surface area contributed by atoms with Gasteiger partial charge in [0.05, 0.1) is 7.11 Å². The summed E-state index contributed by atoms with van der Waals surface area (Å²) in [6, 6.07) is 4.35. The predicted molar refractivity (Wildman–Crippen MR) is 63.7 cm³/mol. The summed E-state index contributed by atoms with van der Waals surface area (Å²) in [6.45, 7) is 0. The molecule has 0 aliphatic rings. The van der Waals surface area contributed by atoms with Crippen molar-refractivity contribution in [3.63, 3.8) is 0 Å². The summed E-state index contributed by atoms with van der Waals surface area (Å²) >= 11 is 0. The average molecular weight is 346 g/mol. The molecule has 0 fully saturated rings. The van der Waals surface area contributed by atoms with Crippen LogP contribution >= 0.6 is 0 Å². The molecule has 23 heavy (non-hydrogen) atoms. The van der Waals surface area contributed by atoms with Gasteiger partial charge in [-0.1, -0.05) is 0 Å². The van der Waals surface area contributed by atoms with Crippen molar-refractivity contribution in [1.29, 1.82) is 0 Å². The van der Waals surface area contributed by atoms with Crippen molar-refractivity contribution >= 4 is 6.29 Å². The minimum absolute atomic E-state index is 0.204. The van der Waals surface area contributed by atoms with Crippen LogP contribution in [0, 0.1) is 0 Å². The molecular weight excluding hydrogens is 337 g/mol. The molecule has 0 unspecified atom stereocenters. The molecule has 0 spiro atoms. The van der Waals surface area contributed by atoms with Crippen molar-refractivity contribution < 1.29 is 45.0 Å². The Kier molecular flexibility index (Phi) is 5.28. The molecule has 0 saturated carbocycles. The van der Waals surface area contributed by atoms with Crippen LogP contribution in [0.1, 0.15) is 0 Å². The third-order valence-corrected chi connectivity index (χ3v) is 2.57. The van der Waals surface area contributed by atoms with Gasteiger partial charge in [-0.05, 0) is 24.3 Å². The Morgan fingerprint density at radius 3 is 1.83 bits per heavy atom. The molecule has 0 saturated heterocycles. The second kappa shape index (κ2) is 6.47. The Morgan fingerprint density at radius 2 is 1.43 bits per heavy atom. The molecule has 1 rings (SSSR count). The minimum atomic E-state index is -6.54. The lowest BCUT2D eigenvalue weighted by Gasteiger charge is -2.29. The van der Waals surface area contributed by atoms with Crippen LogP contribution in [0.5, 0.6) is 11.5 Å². The van der Waals surface area contributed by atoms with E-state index in [1.165, 1.54) is 19.2 Å². The first kappa shape index (κ1) is 18.8. The zero-order valence-electron chi connectivity index (χ0n) is 11.3. The molecule has 0 N–H and O–H groups in total. The van der Waals surface area contributed by atoms with E-state index in [1.54, 1.807) is 0 Å². The number of ether oxygens (including phenoxy) is 2. The van der Waals surface area contributed by atoms with E-state index >= 15 is 0 Å². The quantitative estimate of drug-likeness (QED) is 0.338. The maximum atomic E-state index is 13.5. The second-order valence-electron chi connectivity index (χ2n) is 4.09. The third-order valence-electron chi connectivity index (χ3n) is 2.57. The fraction of sp³-hybridized carbons (Fsp3) is 0.308. The first-order chi connectivity index (χ1) is 10.5. The first-order valence-corrected chi connectivity index (χ1v) is 5.77. The Morgan fingerprint density at radius 1 is 0.957 bits per heavy atom. The van der Waals surface area contributed by atoms with Crippen molar-refractivity contribution in [1.82, 2.24) is 0 Å². The van der Waals surface area contributed by atoms with Crippen molar-refractivity contribution in [2.24, 2.45) is 0 Å². The number of aldehydes is 1. The smallest absolute Gasteiger partial charge is 0.460 e. The van der Waals surface area contributed by atoms with E-state index in [9.17, 15) is 35.5 Å². The topological polar surface area (TPSA) is 35.5 Å². The van der Waals surface area contributed by atoms with Gasteiger partial charge in [-0.2, -0.15) is 30.7 Å². The average Bonchev–Trinajstić information content (AvgIpc) is 2.46. The normalized spacial score (nSPS) is 13.7. The summed E-state index contributed by atoms with van der Waals surface area (Å²) in [4.78, 5) is 10.3. The van der Waals surface area contributed by atoms with Crippen LogP contribution in [-0.4, -0.2) is 31.4 Å². The summed E-state index contributed by atoms with van der Waals surface area (Å²) < 4.78 is 98.5. The van der Waals surface area contributed by atoms with Crippen LogP contribution in [-0.2, 0) is 4.79 Å². The molecule has 0 atom stereocenters. The molecule has 0 radical (unpaired) electrons. The highest BCUT2D eigenvalue weighted by Gasteiger charge is 2.75. The standard InChI is InChI=1S/C13H9F7O3/c1-22-8-2-4-9(5-3-8)23-10(6-7-21)11(14,15)12(16,17)13(18,19)20/h2-7H,1H3/b10-6-. The van der Waals surface area contributed by atoms with Crippen LogP contribution < -0.4 is 9.47 Å². The number of rotatable bonds is 6. The van der Waals surface area contributed by atoms with E-state index in [0.29, 0.717) is 0 Å². The molecule has 0 heterocycles. The lowest BCUT2D eigenvalue weighted by Crippen LogP contribution is -2.53. The van der Waals surface area contributed by atoms with Crippen LogP contribution in [0.3, 0.4) is 0 Å². The predicted octanol–water partition coefficient (Wildman–Crippen LogP) is 3.99. The zero-order chi connectivity index (χ0) is 17.9. The van der Waals surface area contributed by atoms with Gasteiger partial charge in [-0.25, -0.2) is 0 Å². The summed E-state index contributed by atoms with van der Waals surface area (Å²) in [7, 11) is 1.28. The van der Waals surface area contributed by atoms with Gasteiger partial charge in [-0.3, -0.25) is 4.79 Å². The van der Waals surface area contributed by atoms with Gasteiger partial charge in [0.25, 0.3) is 0 Å². The highest BCUT2D eigenvalue weighted by atomic mass is 19.4. The largest absolute Gasteiger partial charge is 0.497 e. The molecule has 0 aliphatic carbocycles. The Hall–Kier alpha value is -2.26. The molecular formula is C13H9F7O3. The summed E-state index contributed by atoms with van der Waals surface area (Å²) in [5.41, 5.74) is 0. The Bertz CT molecular complexity index is 576. The highest BCUT2D eigenvalue weighted by Crippen LogP contribution is 2.49. The SMILES string of the molecule is COc1ccc(O/C(=C\C=O)C(F)(F)C(F)(F)C(F)(F)F)cc1. The van der Waals surface area contributed by atoms with Gasteiger partial charge in [0, 0.05) is 6.08 Å². The summed E-state index contributed by atoms with van der Waals surface area (Å²) in [6.07, 6.45) is -7.13. The Labute approximate surface area is 125 Å². The number of hydrogen-bond acceptors (Lipinski definition) is 3. The van der Waals surface area contributed by atoms with E-state index in [-0.39, 0.29) is 18.1 Å². The zero-order valence-corrected chi connectivity index (χ0v) is 11.3. The molecule has 10 heteroatoms. The van der Waals surface area contributed by atoms with Crippen LogP contribution in [0.15, 0.2) is 36.1 Å². The fourth-order valence-electron chi connectivity index (χ4n) is 1.37. The fourth-order valence-corrected chi connectivity index (χ4v) is 1.37. The van der Waals surface area contributed by atoms with Gasteiger partial charge in [-0.15, -0.1) is 0 Å². The Balaban J connectivity index is 3.20. The maximum Gasteiger partial charge on any atom is 0.460 e. The molecule has 0 amide bonds. The van der Waals surface area contributed by atoms with Crippen molar-refractivity contribution in [2.45, 2.75) is 18.0 Å². The number of carbonyl (C=O) groups is 1. The van der Waals surface area contributed by atoms with Gasteiger partial charge in [0.15, 0.2) is 5.76 Å². The van der Waals surface area contributed by atoms with Crippen molar-refractivity contribution in [3.8, 4) is 11.5 Å². The number of methoxy groups -OCH3 is 1. The van der Waals surface area contributed by atoms with E-state index in [1.807, 2.05) is 0 Å². The first-order valence-electron chi connectivity index (χ1n) is 5.77. The molecule has 1 aromatic carbocycles. The van der Waals surface area contributed by atoms with Crippen molar-refractivity contribution in [2.75, 3.05) is 7.11 Å². The van der Waals surface area contributed by atoms with E-state index in [4.69, 9.17) is 4.74 Å².